The first kappa shape index (κ1) is 20.5. The van der Waals surface area contributed by atoms with Crippen molar-refractivity contribution >= 4 is 8.32 Å². The van der Waals surface area contributed by atoms with Gasteiger partial charge in [-0.1, -0.05) is 44.1 Å². The molecule has 1 rings (SSSR count). The molecule has 0 radical (unpaired) electrons. The fourth-order valence-electron chi connectivity index (χ4n) is 1.88. The van der Waals surface area contributed by atoms with Crippen LogP contribution in [0.15, 0.2) is 29.4 Å². The molecule has 1 N–H and O–H groups in total. The van der Waals surface area contributed by atoms with E-state index in [0.29, 0.717) is 5.75 Å². The first-order valence-electron chi connectivity index (χ1n) is 8.12. The summed E-state index contributed by atoms with van der Waals surface area (Å²) in [4.78, 5) is 2.85. The Kier molecular flexibility index (Phi) is 6.86. The number of aliphatic hydroxyl groups is 1. The molecule has 0 fully saturated rings. The van der Waals surface area contributed by atoms with E-state index in [4.69, 9.17) is 14.7 Å². The maximum Gasteiger partial charge on any atom is 0.201 e. The summed E-state index contributed by atoms with van der Waals surface area (Å²) in [5.74, 6) is 0.653. The van der Waals surface area contributed by atoms with Crippen molar-refractivity contribution in [1.82, 2.24) is 0 Å². The standard InChI is InChI=1S/C17H29N3O3Si/c1-12-10-8-9-11-14(12)22-16(15(13(2)21)19-20-18)23-24(6,7)17(3,4)5/h8-11,13,15-16,21H,1-7H3/t13-,15-,16?/m0/s1. The third-order valence-corrected chi connectivity index (χ3v) is 8.95. The topological polar surface area (TPSA) is 87.5 Å². The summed E-state index contributed by atoms with van der Waals surface area (Å²) in [5, 5.41) is 13.7. The van der Waals surface area contributed by atoms with Crippen LogP contribution in [-0.2, 0) is 4.43 Å². The van der Waals surface area contributed by atoms with Gasteiger partial charge < -0.3 is 14.3 Å². The fourth-order valence-corrected chi connectivity index (χ4v) is 3.00. The smallest absolute Gasteiger partial charge is 0.201 e. The highest BCUT2D eigenvalue weighted by Gasteiger charge is 2.42. The highest BCUT2D eigenvalue weighted by atomic mass is 28.4. The molecule has 0 spiro atoms. The summed E-state index contributed by atoms with van der Waals surface area (Å²) in [6.45, 7) is 14.1. The lowest BCUT2D eigenvalue weighted by Gasteiger charge is -2.40. The van der Waals surface area contributed by atoms with Crippen molar-refractivity contribution in [2.75, 3.05) is 0 Å². The quantitative estimate of drug-likeness (QED) is 0.252. The number of nitrogens with zero attached hydrogens (tertiary/aromatic N) is 3. The number of azide groups is 1. The van der Waals surface area contributed by atoms with Gasteiger partial charge >= 0.3 is 0 Å². The average molecular weight is 352 g/mol. The Morgan fingerprint density at radius 2 is 1.83 bits per heavy atom. The highest BCUT2D eigenvalue weighted by molar-refractivity contribution is 6.74. The number of aliphatic hydroxyl groups excluding tert-OH is 1. The summed E-state index contributed by atoms with van der Waals surface area (Å²) >= 11 is 0. The highest BCUT2D eigenvalue weighted by Crippen LogP contribution is 2.38. The maximum absolute atomic E-state index is 10.1. The van der Waals surface area contributed by atoms with Crippen LogP contribution in [-0.4, -0.2) is 31.9 Å². The summed E-state index contributed by atoms with van der Waals surface area (Å²) in [6.07, 6.45) is -1.73. The second-order valence-corrected chi connectivity index (χ2v) is 12.3. The molecule has 24 heavy (non-hydrogen) atoms. The normalized spacial score (nSPS) is 16.0. The van der Waals surface area contributed by atoms with Crippen LogP contribution < -0.4 is 4.74 Å². The Bertz CT molecular complexity index is 593. The summed E-state index contributed by atoms with van der Waals surface area (Å²) in [5.41, 5.74) is 9.81. The minimum atomic E-state index is -2.20. The largest absolute Gasteiger partial charge is 0.465 e. The van der Waals surface area contributed by atoms with Gasteiger partial charge in [0, 0.05) is 4.91 Å². The van der Waals surface area contributed by atoms with E-state index in [1.165, 1.54) is 0 Å². The summed E-state index contributed by atoms with van der Waals surface area (Å²) < 4.78 is 12.4. The molecule has 1 aromatic rings. The Labute approximate surface area is 145 Å². The molecule has 6 nitrogen and oxygen atoms in total. The molecule has 0 saturated heterocycles. The molecule has 0 aliphatic heterocycles. The Morgan fingerprint density at radius 3 is 2.29 bits per heavy atom. The van der Waals surface area contributed by atoms with E-state index in [1.54, 1.807) is 6.92 Å². The predicted octanol–water partition coefficient (Wildman–Crippen LogP) is 4.78. The van der Waals surface area contributed by atoms with Gasteiger partial charge in [0.2, 0.25) is 6.29 Å². The van der Waals surface area contributed by atoms with Crippen LogP contribution in [0.4, 0.5) is 0 Å². The van der Waals surface area contributed by atoms with Crippen LogP contribution in [0.1, 0.15) is 33.3 Å². The van der Waals surface area contributed by atoms with Gasteiger partial charge in [-0.25, -0.2) is 0 Å². The van der Waals surface area contributed by atoms with Crippen molar-refractivity contribution < 1.29 is 14.3 Å². The minimum absolute atomic E-state index is 0.0417. The second-order valence-electron chi connectivity index (χ2n) is 7.57. The summed E-state index contributed by atoms with van der Waals surface area (Å²) in [6, 6.07) is 6.74. The van der Waals surface area contributed by atoms with Gasteiger partial charge in [0.1, 0.15) is 11.8 Å². The zero-order valence-electron chi connectivity index (χ0n) is 15.6. The third kappa shape index (κ3) is 5.24. The van der Waals surface area contributed by atoms with Crippen LogP contribution in [0.5, 0.6) is 5.75 Å². The second kappa shape index (κ2) is 8.03. The Hall–Kier alpha value is -1.53. The van der Waals surface area contributed by atoms with Crippen LogP contribution >= 0.6 is 0 Å². The molecule has 0 aliphatic rings. The van der Waals surface area contributed by atoms with E-state index in [9.17, 15) is 5.11 Å². The number of aryl methyl sites for hydroxylation is 1. The van der Waals surface area contributed by atoms with E-state index < -0.39 is 26.8 Å². The molecule has 3 atom stereocenters. The lowest BCUT2D eigenvalue weighted by molar-refractivity contribution is -0.0538. The summed E-state index contributed by atoms with van der Waals surface area (Å²) in [7, 11) is -2.20. The van der Waals surface area contributed by atoms with Gasteiger partial charge in [-0.2, -0.15) is 0 Å². The van der Waals surface area contributed by atoms with Gasteiger partial charge in [-0.05, 0) is 49.1 Å². The van der Waals surface area contributed by atoms with Gasteiger partial charge in [0.05, 0.1) is 6.10 Å². The molecule has 7 heteroatoms. The van der Waals surface area contributed by atoms with Crippen LogP contribution in [0.25, 0.3) is 10.4 Å². The predicted molar refractivity (Wildman–Crippen MR) is 98.5 cm³/mol. The van der Waals surface area contributed by atoms with Gasteiger partial charge in [0.15, 0.2) is 8.32 Å². The molecule has 0 aliphatic carbocycles. The van der Waals surface area contributed by atoms with Gasteiger partial charge in [-0.3, -0.25) is 0 Å². The van der Waals surface area contributed by atoms with Crippen molar-refractivity contribution in [3.63, 3.8) is 0 Å². The number of rotatable bonds is 7. The van der Waals surface area contributed by atoms with Crippen molar-refractivity contribution in [2.24, 2.45) is 5.11 Å². The average Bonchev–Trinajstić information content (AvgIpc) is 2.44. The molecule has 1 aromatic carbocycles. The third-order valence-electron chi connectivity index (χ3n) is 4.51. The molecule has 1 unspecified atom stereocenters. The first-order valence-corrected chi connectivity index (χ1v) is 11.0. The lowest BCUT2D eigenvalue weighted by atomic mass is 10.2. The van der Waals surface area contributed by atoms with Gasteiger partial charge in [-0.15, -0.1) is 0 Å². The minimum Gasteiger partial charge on any atom is -0.465 e. The van der Waals surface area contributed by atoms with E-state index in [2.05, 4.69) is 43.9 Å². The number of hydrogen-bond acceptors (Lipinski definition) is 4. The Balaban J connectivity index is 3.21. The Morgan fingerprint density at radius 1 is 1.25 bits per heavy atom. The van der Waals surface area contributed by atoms with E-state index in [1.807, 2.05) is 31.2 Å². The maximum atomic E-state index is 10.1. The van der Waals surface area contributed by atoms with Crippen molar-refractivity contribution in [1.29, 1.82) is 0 Å². The molecular weight excluding hydrogens is 322 g/mol. The van der Waals surface area contributed by atoms with Crippen LogP contribution in [0, 0.1) is 6.92 Å². The SMILES string of the molecule is Cc1ccccc1OC(O[Si](C)(C)C(C)(C)C)[C@@H](N=[N+]=[N-])[C@H](C)O. The zero-order valence-corrected chi connectivity index (χ0v) is 16.6. The van der Waals surface area contributed by atoms with Crippen molar-refractivity contribution in [3.8, 4) is 5.75 Å². The molecule has 0 amide bonds. The molecule has 134 valence electrons. The number of ether oxygens (including phenoxy) is 1. The van der Waals surface area contributed by atoms with E-state index in [-0.39, 0.29) is 5.04 Å². The molecular formula is C17H29N3O3Si. The lowest BCUT2D eigenvalue weighted by Crippen LogP contribution is -2.51. The van der Waals surface area contributed by atoms with Crippen LogP contribution in [0.3, 0.4) is 0 Å². The number of hydrogen-bond donors (Lipinski definition) is 1. The molecule has 0 saturated carbocycles. The number of para-hydroxylation sites is 1. The van der Waals surface area contributed by atoms with Crippen LogP contribution in [0.2, 0.25) is 18.1 Å². The van der Waals surface area contributed by atoms with E-state index >= 15 is 0 Å². The number of benzene rings is 1. The van der Waals surface area contributed by atoms with Crippen molar-refractivity contribution in [3.05, 3.63) is 40.3 Å². The van der Waals surface area contributed by atoms with E-state index in [0.717, 1.165) is 5.56 Å². The zero-order chi connectivity index (χ0) is 18.5. The molecule has 0 aromatic heterocycles. The first-order chi connectivity index (χ1) is 11.0. The molecule has 0 bridgehead atoms. The molecule has 0 heterocycles. The van der Waals surface area contributed by atoms with Crippen molar-refractivity contribution in [2.45, 2.75) is 71.2 Å². The fraction of sp³-hybridized carbons (Fsp3) is 0.647. The van der Waals surface area contributed by atoms with Gasteiger partial charge in [0.25, 0.3) is 0 Å². The monoisotopic (exact) mass is 351 g/mol.